The average molecular weight is 513 g/mol. The van der Waals surface area contributed by atoms with Crippen LogP contribution in [0.3, 0.4) is 0 Å². The lowest BCUT2D eigenvalue weighted by Gasteiger charge is -2.47. The number of aromatic amines is 1. The van der Waals surface area contributed by atoms with Gasteiger partial charge in [0, 0.05) is 47.8 Å². The van der Waals surface area contributed by atoms with Gasteiger partial charge in [-0.3, -0.25) is 19.6 Å². The largest absolute Gasteiger partial charge is 0.481 e. The van der Waals surface area contributed by atoms with E-state index < -0.39 is 5.82 Å². The van der Waals surface area contributed by atoms with Crippen molar-refractivity contribution in [3.8, 4) is 17.1 Å². The second-order valence-corrected chi connectivity index (χ2v) is 10.9. The zero-order valence-corrected chi connectivity index (χ0v) is 21.2. The van der Waals surface area contributed by atoms with Crippen molar-refractivity contribution in [1.82, 2.24) is 30.3 Å². The Morgan fingerprint density at radius 1 is 1.24 bits per heavy atom. The first kappa shape index (κ1) is 24.3. The summed E-state index contributed by atoms with van der Waals surface area (Å²) in [6, 6.07) is 3.90. The van der Waals surface area contributed by atoms with Crippen LogP contribution in [-0.4, -0.2) is 94.4 Å². The SMILES string of the molecule is COc1cc(-c2cc(C(=O)N3CC[C@H](C(=O)NC4C[C@H]5COC[C@H](C4)N5C)CC34CC4)[nH]n2)c(F)cn1. The number of hydrogen-bond donors (Lipinski definition) is 2. The Kier molecular flexibility index (Phi) is 6.15. The lowest BCUT2D eigenvalue weighted by Crippen LogP contribution is -2.60. The molecule has 3 aliphatic heterocycles. The van der Waals surface area contributed by atoms with Crippen molar-refractivity contribution in [2.45, 2.75) is 62.2 Å². The Balaban J connectivity index is 1.10. The van der Waals surface area contributed by atoms with Crippen LogP contribution < -0.4 is 10.1 Å². The Morgan fingerprint density at radius 3 is 2.70 bits per heavy atom. The van der Waals surface area contributed by atoms with E-state index in [2.05, 4.69) is 32.4 Å². The first-order valence-electron chi connectivity index (χ1n) is 13.0. The number of amides is 2. The molecule has 0 aromatic carbocycles. The molecule has 37 heavy (non-hydrogen) atoms. The second kappa shape index (κ2) is 9.36. The zero-order valence-electron chi connectivity index (χ0n) is 21.2. The molecule has 6 rings (SSSR count). The van der Waals surface area contributed by atoms with E-state index in [0.29, 0.717) is 42.9 Å². The molecule has 10 nitrogen and oxygen atoms in total. The van der Waals surface area contributed by atoms with Gasteiger partial charge < -0.3 is 19.7 Å². The molecule has 4 fully saturated rings. The van der Waals surface area contributed by atoms with Crippen LogP contribution in [0.2, 0.25) is 0 Å². The van der Waals surface area contributed by atoms with Crippen molar-refractivity contribution in [2.24, 2.45) is 5.92 Å². The van der Waals surface area contributed by atoms with Gasteiger partial charge in [0.05, 0.1) is 32.2 Å². The maximum absolute atomic E-state index is 14.3. The van der Waals surface area contributed by atoms with Crippen LogP contribution in [0.15, 0.2) is 18.3 Å². The quantitative estimate of drug-likeness (QED) is 0.630. The number of fused-ring (bicyclic) bond motifs is 2. The van der Waals surface area contributed by atoms with Gasteiger partial charge >= 0.3 is 0 Å². The maximum Gasteiger partial charge on any atom is 0.272 e. The first-order chi connectivity index (χ1) is 17.9. The molecule has 1 aliphatic carbocycles. The molecule has 2 N–H and O–H groups in total. The van der Waals surface area contributed by atoms with Crippen molar-refractivity contribution in [1.29, 1.82) is 0 Å². The normalized spacial score (nSPS) is 28.7. The highest BCUT2D eigenvalue weighted by atomic mass is 19.1. The van der Waals surface area contributed by atoms with Gasteiger partial charge in [-0.05, 0) is 51.6 Å². The third-order valence-electron chi connectivity index (χ3n) is 8.70. The second-order valence-electron chi connectivity index (χ2n) is 10.9. The summed E-state index contributed by atoms with van der Waals surface area (Å²) in [7, 11) is 3.60. The van der Waals surface area contributed by atoms with Crippen LogP contribution in [0.1, 0.15) is 49.0 Å². The Labute approximate surface area is 214 Å². The van der Waals surface area contributed by atoms with Crippen LogP contribution in [0, 0.1) is 11.7 Å². The summed E-state index contributed by atoms with van der Waals surface area (Å²) in [5, 5.41) is 10.3. The fourth-order valence-electron chi connectivity index (χ4n) is 6.33. The number of carbonyl (C=O) groups excluding carboxylic acids is 2. The van der Waals surface area contributed by atoms with Crippen molar-refractivity contribution in [3.63, 3.8) is 0 Å². The molecule has 3 atom stereocenters. The topological polar surface area (TPSA) is 113 Å². The molecule has 5 heterocycles. The molecule has 3 saturated heterocycles. The number of aromatic nitrogens is 3. The van der Waals surface area contributed by atoms with Gasteiger partial charge in [-0.25, -0.2) is 9.37 Å². The number of likely N-dealkylation sites (tertiary alicyclic amines) is 1. The summed E-state index contributed by atoms with van der Waals surface area (Å²) in [5.41, 5.74) is 0.543. The molecule has 2 aromatic heterocycles. The van der Waals surface area contributed by atoms with E-state index in [1.807, 2.05) is 4.90 Å². The predicted molar refractivity (Wildman–Crippen MR) is 131 cm³/mol. The fourth-order valence-corrected chi connectivity index (χ4v) is 6.33. The molecule has 0 unspecified atom stereocenters. The zero-order chi connectivity index (χ0) is 25.7. The Bertz CT molecular complexity index is 1190. The number of rotatable bonds is 5. The minimum atomic E-state index is -0.544. The van der Waals surface area contributed by atoms with E-state index >= 15 is 0 Å². The molecule has 1 saturated carbocycles. The summed E-state index contributed by atoms with van der Waals surface area (Å²) in [6.07, 6.45) is 5.96. The molecule has 1 spiro atoms. The van der Waals surface area contributed by atoms with Crippen molar-refractivity contribution in [2.75, 3.05) is 33.9 Å². The number of halogens is 1. The van der Waals surface area contributed by atoms with E-state index in [9.17, 15) is 14.0 Å². The van der Waals surface area contributed by atoms with Crippen LogP contribution >= 0.6 is 0 Å². The van der Waals surface area contributed by atoms with Crippen LogP contribution in [0.5, 0.6) is 5.88 Å². The molecule has 2 aromatic rings. The number of piperidine rings is 2. The standard InChI is InChI=1S/C26H33FN6O4/c1-32-17-7-16(8-18(32)14-37-13-17)29-24(34)15-3-6-33(26(11-15)4-5-26)25(35)22-10-21(30-31-22)19-9-23(36-2)28-12-20(19)27/h9-10,12,15-18H,3-8,11,13-14H2,1-2H3,(H,29,34)(H,30,31)/t15-,17-,18-/m0/s1. The smallest absolute Gasteiger partial charge is 0.272 e. The molecule has 11 heteroatoms. The van der Waals surface area contributed by atoms with Gasteiger partial charge in [0.1, 0.15) is 5.69 Å². The molecule has 2 bridgehead atoms. The number of nitrogens with one attached hydrogen (secondary N) is 2. The van der Waals surface area contributed by atoms with Crippen molar-refractivity contribution in [3.05, 3.63) is 29.8 Å². The minimum Gasteiger partial charge on any atom is -0.481 e. The number of methoxy groups -OCH3 is 1. The van der Waals surface area contributed by atoms with Crippen molar-refractivity contribution >= 4 is 11.8 Å². The van der Waals surface area contributed by atoms with Gasteiger partial charge in [0.15, 0.2) is 5.82 Å². The van der Waals surface area contributed by atoms with Crippen LogP contribution in [0.25, 0.3) is 11.3 Å². The van der Waals surface area contributed by atoms with E-state index in [4.69, 9.17) is 9.47 Å². The molecular formula is C26H33FN6O4. The Hall–Kier alpha value is -3.05. The molecule has 0 radical (unpaired) electrons. The minimum absolute atomic E-state index is 0.0991. The highest BCUT2D eigenvalue weighted by Crippen LogP contribution is 2.50. The number of H-pyrrole nitrogens is 1. The fraction of sp³-hybridized carbons (Fsp3) is 0.615. The summed E-state index contributed by atoms with van der Waals surface area (Å²) in [6.45, 7) is 1.95. The molecular weight excluding hydrogens is 479 g/mol. The summed E-state index contributed by atoms with van der Waals surface area (Å²) >= 11 is 0. The highest BCUT2D eigenvalue weighted by molar-refractivity contribution is 5.94. The first-order valence-corrected chi connectivity index (χ1v) is 13.0. The highest BCUT2D eigenvalue weighted by Gasteiger charge is 2.55. The number of morpholine rings is 1. The number of nitrogens with zero attached hydrogens (tertiary/aromatic N) is 4. The number of ether oxygens (including phenoxy) is 2. The van der Waals surface area contributed by atoms with Gasteiger partial charge in [-0.2, -0.15) is 5.10 Å². The van der Waals surface area contributed by atoms with Gasteiger partial charge in [0.2, 0.25) is 11.8 Å². The van der Waals surface area contributed by atoms with Crippen LogP contribution in [-0.2, 0) is 9.53 Å². The van der Waals surface area contributed by atoms with E-state index in [1.165, 1.54) is 13.2 Å². The number of likely N-dealkylation sites (N-methyl/N-ethyl adjacent to an activating group) is 1. The third-order valence-corrected chi connectivity index (χ3v) is 8.70. The number of pyridine rings is 1. The van der Waals surface area contributed by atoms with Crippen molar-refractivity contribution < 1.29 is 23.5 Å². The van der Waals surface area contributed by atoms with Crippen LogP contribution in [0.4, 0.5) is 4.39 Å². The molecule has 198 valence electrons. The Morgan fingerprint density at radius 2 is 2.00 bits per heavy atom. The summed E-state index contributed by atoms with van der Waals surface area (Å²) in [5.74, 6) is -0.436. The monoisotopic (exact) mass is 512 g/mol. The van der Waals surface area contributed by atoms with Gasteiger partial charge in [-0.15, -0.1) is 0 Å². The predicted octanol–water partition coefficient (Wildman–Crippen LogP) is 1.98. The molecule has 2 amide bonds. The summed E-state index contributed by atoms with van der Waals surface area (Å²) in [4.78, 5) is 34.8. The van der Waals surface area contributed by atoms with E-state index in [0.717, 1.165) is 45.1 Å². The summed E-state index contributed by atoms with van der Waals surface area (Å²) < 4.78 is 25.1. The third kappa shape index (κ3) is 4.48. The maximum atomic E-state index is 14.3. The molecule has 4 aliphatic rings. The number of carbonyl (C=O) groups is 2. The number of hydrogen-bond acceptors (Lipinski definition) is 7. The van der Waals surface area contributed by atoms with Gasteiger partial charge in [-0.1, -0.05) is 0 Å². The van der Waals surface area contributed by atoms with E-state index in [-0.39, 0.29) is 40.8 Å². The average Bonchev–Trinajstić information content (AvgIpc) is 3.45. The van der Waals surface area contributed by atoms with Gasteiger partial charge in [0.25, 0.3) is 5.91 Å². The lowest BCUT2D eigenvalue weighted by atomic mass is 9.86. The van der Waals surface area contributed by atoms with E-state index in [1.54, 1.807) is 6.07 Å². The lowest BCUT2D eigenvalue weighted by molar-refractivity contribution is -0.130.